The molecule has 1 saturated heterocycles. The van der Waals surface area contributed by atoms with Gasteiger partial charge in [-0.3, -0.25) is 14.5 Å². The number of carbonyl (C=O) groups is 3. The van der Waals surface area contributed by atoms with Gasteiger partial charge in [-0.15, -0.1) is 0 Å². The molecule has 2 aromatic rings. The molecule has 0 spiro atoms. The van der Waals surface area contributed by atoms with Crippen molar-refractivity contribution in [2.75, 3.05) is 7.11 Å². The molecule has 0 N–H and O–H groups in total. The number of furan rings is 1. The van der Waals surface area contributed by atoms with Crippen molar-refractivity contribution in [3.05, 3.63) is 52.6 Å². The van der Waals surface area contributed by atoms with Crippen molar-refractivity contribution in [3.63, 3.8) is 0 Å². The summed E-state index contributed by atoms with van der Waals surface area (Å²) in [6.45, 7) is 1.43. The standard InChI is InChI=1S/C19H14N2O5S/c1-11(18(23)25-2)21-17(22)16(27-19(21)24)9-13-7-8-15(26-13)14-6-4-3-5-12(14)10-20/h3-9,11H,1-2H3/b16-9+. The minimum absolute atomic E-state index is 0.144. The summed E-state index contributed by atoms with van der Waals surface area (Å²) in [5.41, 5.74) is 1.10. The fraction of sp³-hybridized carbons (Fsp3) is 0.158. The topological polar surface area (TPSA) is 101 Å². The molecule has 1 fully saturated rings. The highest BCUT2D eigenvalue weighted by atomic mass is 32.2. The highest BCUT2D eigenvalue weighted by Crippen LogP contribution is 2.35. The molecule has 8 heteroatoms. The largest absolute Gasteiger partial charge is 0.467 e. The number of amides is 2. The summed E-state index contributed by atoms with van der Waals surface area (Å²) in [5, 5.41) is 8.64. The molecule has 27 heavy (non-hydrogen) atoms. The number of esters is 1. The van der Waals surface area contributed by atoms with Crippen LogP contribution in [0, 0.1) is 11.3 Å². The van der Waals surface area contributed by atoms with E-state index in [1.165, 1.54) is 20.1 Å². The fourth-order valence-electron chi connectivity index (χ4n) is 2.59. The van der Waals surface area contributed by atoms with Crippen LogP contribution in [-0.2, 0) is 14.3 Å². The molecule has 2 heterocycles. The molecule has 0 saturated carbocycles. The lowest BCUT2D eigenvalue weighted by atomic mass is 10.1. The molecule has 1 unspecified atom stereocenters. The van der Waals surface area contributed by atoms with Crippen LogP contribution in [0.25, 0.3) is 17.4 Å². The summed E-state index contributed by atoms with van der Waals surface area (Å²) in [6.07, 6.45) is 1.44. The first kappa shape index (κ1) is 18.5. The van der Waals surface area contributed by atoms with Gasteiger partial charge in [0.25, 0.3) is 11.1 Å². The van der Waals surface area contributed by atoms with Crippen LogP contribution in [0.4, 0.5) is 4.79 Å². The maximum absolute atomic E-state index is 12.5. The van der Waals surface area contributed by atoms with E-state index in [-0.39, 0.29) is 4.91 Å². The first-order valence-electron chi connectivity index (χ1n) is 7.90. The van der Waals surface area contributed by atoms with Gasteiger partial charge >= 0.3 is 5.97 Å². The Balaban J connectivity index is 1.87. The van der Waals surface area contributed by atoms with E-state index in [4.69, 9.17) is 4.42 Å². The van der Waals surface area contributed by atoms with E-state index in [0.717, 1.165) is 16.7 Å². The molecule has 2 amide bonds. The van der Waals surface area contributed by atoms with Crippen molar-refractivity contribution in [2.45, 2.75) is 13.0 Å². The Morgan fingerprint density at radius 3 is 2.74 bits per heavy atom. The monoisotopic (exact) mass is 382 g/mol. The van der Waals surface area contributed by atoms with Gasteiger partial charge in [0.05, 0.1) is 23.6 Å². The number of methoxy groups -OCH3 is 1. The number of imide groups is 1. The quantitative estimate of drug-likeness (QED) is 0.590. The van der Waals surface area contributed by atoms with Crippen molar-refractivity contribution < 1.29 is 23.5 Å². The maximum Gasteiger partial charge on any atom is 0.328 e. The van der Waals surface area contributed by atoms with Crippen molar-refractivity contribution >= 4 is 35.0 Å². The van der Waals surface area contributed by atoms with Gasteiger partial charge in [0.2, 0.25) is 0 Å². The third kappa shape index (κ3) is 3.50. The molecule has 1 aliphatic heterocycles. The minimum atomic E-state index is -1.01. The van der Waals surface area contributed by atoms with Gasteiger partial charge in [-0.2, -0.15) is 5.26 Å². The molecular formula is C19H14N2O5S. The number of carbonyl (C=O) groups excluding carboxylic acids is 3. The zero-order chi connectivity index (χ0) is 19.6. The third-order valence-electron chi connectivity index (χ3n) is 3.97. The van der Waals surface area contributed by atoms with E-state index >= 15 is 0 Å². The zero-order valence-electron chi connectivity index (χ0n) is 14.5. The molecule has 3 rings (SSSR count). The number of nitrogens with zero attached hydrogens (tertiary/aromatic N) is 2. The average Bonchev–Trinajstić information content (AvgIpc) is 3.25. The summed E-state index contributed by atoms with van der Waals surface area (Å²) in [7, 11) is 1.19. The summed E-state index contributed by atoms with van der Waals surface area (Å²) in [6, 6.07) is 11.4. The predicted octanol–water partition coefficient (Wildman–Crippen LogP) is 3.42. The highest BCUT2D eigenvalue weighted by Gasteiger charge is 2.41. The van der Waals surface area contributed by atoms with Gasteiger partial charge in [0.15, 0.2) is 0 Å². The maximum atomic E-state index is 12.5. The van der Waals surface area contributed by atoms with Crippen LogP contribution in [0.15, 0.2) is 45.7 Å². The Morgan fingerprint density at radius 1 is 1.30 bits per heavy atom. The molecule has 136 valence electrons. The smallest absolute Gasteiger partial charge is 0.328 e. The van der Waals surface area contributed by atoms with Crippen LogP contribution >= 0.6 is 11.8 Å². The molecule has 1 atom stereocenters. The van der Waals surface area contributed by atoms with Crippen LogP contribution < -0.4 is 0 Å². The molecule has 0 aliphatic carbocycles. The van der Waals surface area contributed by atoms with Crippen molar-refractivity contribution in [1.29, 1.82) is 5.26 Å². The number of benzene rings is 1. The Hall–Kier alpha value is -3.31. The molecule has 1 aromatic carbocycles. The summed E-state index contributed by atoms with van der Waals surface area (Å²) < 4.78 is 10.3. The lowest BCUT2D eigenvalue weighted by molar-refractivity contribution is -0.148. The van der Waals surface area contributed by atoms with Gasteiger partial charge in [-0.25, -0.2) is 4.79 Å². The molecule has 0 radical (unpaired) electrons. The second-order valence-electron chi connectivity index (χ2n) is 5.61. The Labute approximate surface area is 159 Å². The van der Waals surface area contributed by atoms with E-state index in [0.29, 0.717) is 22.6 Å². The molecule has 7 nitrogen and oxygen atoms in total. The second kappa shape index (κ2) is 7.51. The number of nitriles is 1. The SMILES string of the molecule is COC(=O)C(C)N1C(=O)S/C(=C/c2ccc(-c3ccccc3C#N)o2)C1=O. The van der Waals surface area contributed by atoms with Gasteiger partial charge in [-0.1, -0.05) is 12.1 Å². The van der Waals surface area contributed by atoms with Crippen molar-refractivity contribution in [1.82, 2.24) is 4.90 Å². The van der Waals surface area contributed by atoms with E-state index in [9.17, 15) is 19.6 Å². The molecule has 1 aromatic heterocycles. The number of thioether (sulfide) groups is 1. The van der Waals surface area contributed by atoms with Gasteiger partial charge < -0.3 is 9.15 Å². The minimum Gasteiger partial charge on any atom is -0.467 e. The fourth-order valence-corrected chi connectivity index (χ4v) is 3.48. The van der Waals surface area contributed by atoms with Crippen LogP contribution in [0.1, 0.15) is 18.2 Å². The van der Waals surface area contributed by atoms with Crippen LogP contribution in [0.5, 0.6) is 0 Å². The number of rotatable bonds is 4. The number of hydrogen-bond acceptors (Lipinski definition) is 7. The number of hydrogen-bond donors (Lipinski definition) is 0. The lowest BCUT2D eigenvalue weighted by Gasteiger charge is -2.18. The molecular weight excluding hydrogens is 368 g/mol. The third-order valence-corrected chi connectivity index (χ3v) is 4.85. The van der Waals surface area contributed by atoms with E-state index < -0.39 is 23.2 Å². The summed E-state index contributed by atoms with van der Waals surface area (Å²) >= 11 is 0.724. The Morgan fingerprint density at radius 2 is 2.04 bits per heavy atom. The summed E-state index contributed by atoms with van der Waals surface area (Å²) in [4.78, 5) is 37.2. The van der Waals surface area contributed by atoms with E-state index in [1.54, 1.807) is 36.4 Å². The van der Waals surface area contributed by atoms with Crippen molar-refractivity contribution in [2.24, 2.45) is 0 Å². The van der Waals surface area contributed by atoms with Crippen LogP contribution in [-0.4, -0.2) is 35.2 Å². The van der Waals surface area contributed by atoms with Gasteiger partial charge in [0, 0.05) is 11.6 Å². The second-order valence-corrected chi connectivity index (χ2v) is 6.60. The number of ether oxygens (including phenoxy) is 1. The van der Waals surface area contributed by atoms with E-state index in [2.05, 4.69) is 10.8 Å². The van der Waals surface area contributed by atoms with Gasteiger partial charge in [0.1, 0.15) is 17.6 Å². The zero-order valence-corrected chi connectivity index (χ0v) is 15.3. The molecule has 0 bridgehead atoms. The Kier molecular flexibility index (Phi) is 5.14. The van der Waals surface area contributed by atoms with E-state index in [1.807, 2.05) is 0 Å². The van der Waals surface area contributed by atoms with Crippen molar-refractivity contribution in [3.8, 4) is 17.4 Å². The first-order valence-corrected chi connectivity index (χ1v) is 8.72. The van der Waals surface area contributed by atoms with Crippen LogP contribution in [0.2, 0.25) is 0 Å². The highest BCUT2D eigenvalue weighted by molar-refractivity contribution is 8.18. The lowest BCUT2D eigenvalue weighted by Crippen LogP contribution is -2.42. The average molecular weight is 382 g/mol. The Bertz CT molecular complexity index is 1000. The van der Waals surface area contributed by atoms with Crippen LogP contribution in [0.3, 0.4) is 0 Å². The van der Waals surface area contributed by atoms with Gasteiger partial charge in [-0.05, 0) is 43.0 Å². The first-order chi connectivity index (χ1) is 13.0. The normalized spacial score (nSPS) is 16.5. The molecule has 1 aliphatic rings. The predicted molar refractivity (Wildman–Crippen MR) is 98.1 cm³/mol. The summed E-state index contributed by atoms with van der Waals surface area (Å²) in [5.74, 6) is -0.431.